The van der Waals surface area contributed by atoms with Gasteiger partial charge in [-0.05, 0) is 6.66 Å². The van der Waals surface area contributed by atoms with Gasteiger partial charge in [0.1, 0.15) is 13.8 Å². The van der Waals surface area contributed by atoms with Crippen LogP contribution in [0.3, 0.4) is 0 Å². The smallest absolute Gasteiger partial charge is 0.145 e. The van der Waals surface area contributed by atoms with Crippen LogP contribution in [0.1, 0.15) is 20.8 Å². The lowest BCUT2D eigenvalue weighted by Crippen LogP contribution is -2.29. The van der Waals surface area contributed by atoms with Crippen LogP contribution in [0.2, 0.25) is 18.1 Å². The molecule has 0 radical (unpaired) electrons. The van der Waals surface area contributed by atoms with Crippen molar-refractivity contribution in [3.63, 3.8) is 0 Å². The first-order valence-corrected chi connectivity index (χ1v) is 10.7. The zero-order valence-corrected chi connectivity index (χ0v) is 10.5. The SMILES string of the molecule is CC[Si](CC)(CC)P(C)(=O)Cl. The van der Waals surface area contributed by atoms with E-state index < -0.39 is 13.8 Å². The topological polar surface area (TPSA) is 17.1 Å². The Morgan fingerprint density at radius 3 is 1.45 bits per heavy atom. The van der Waals surface area contributed by atoms with Crippen LogP contribution < -0.4 is 0 Å². The summed E-state index contributed by atoms with van der Waals surface area (Å²) in [6, 6.07) is 0.863. The van der Waals surface area contributed by atoms with Gasteiger partial charge in [0, 0.05) is 0 Å². The predicted octanol–water partition coefficient (Wildman–Crippen LogP) is 4.14. The Hall–Kier alpha value is 0.737. The minimum absolute atomic E-state index is 1.05. The van der Waals surface area contributed by atoms with Crippen LogP contribution in [0.5, 0.6) is 0 Å². The molecule has 0 rings (SSSR count). The lowest BCUT2D eigenvalue weighted by atomic mass is 10.9. The molecule has 1 unspecified atom stereocenters. The predicted molar refractivity (Wildman–Crippen MR) is 56.6 cm³/mol. The third-order valence-corrected chi connectivity index (χ3v) is 19.6. The maximum Gasteiger partial charge on any atom is 0.145 e. The number of hydrogen-bond donors (Lipinski definition) is 0. The second-order valence-corrected chi connectivity index (χ2v) is 17.5. The number of rotatable bonds is 4. The fraction of sp³-hybridized carbons (Fsp3) is 1.00. The first-order chi connectivity index (χ1) is 4.93. The van der Waals surface area contributed by atoms with Crippen LogP contribution in [0.25, 0.3) is 0 Å². The summed E-state index contributed by atoms with van der Waals surface area (Å²) >= 11 is 5.97. The molecule has 0 saturated carbocycles. The van der Waals surface area contributed by atoms with Crippen LogP contribution in [-0.2, 0) is 4.57 Å². The largest absolute Gasteiger partial charge is 0.312 e. The van der Waals surface area contributed by atoms with Crippen LogP contribution >= 0.6 is 17.3 Å². The van der Waals surface area contributed by atoms with Crippen LogP contribution in [-0.4, -0.2) is 14.4 Å². The first-order valence-electron chi connectivity index (χ1n) is 4.20. The average Bonchev–Trinajstić information content (AvgIpc) is 1.90. The van der Waals surface area contributed by atoms with Gasteiger partial charge in [-0.25, -0.2) is 0 Å². The third-order valence-electron chi connectivity index (χ3n) is 2.82. The van der Waals surface area contributed by atoms with Gasteiger partial charge in [-0.15, -0.1) is 0 Å². The van der Waals surface area contributed by atoms with Gasteiger partial charge >= 0.3 is 0 Å². The molecule has 0 aromatic heterocycles. The van der Waals surface area contributed by atoms with Crippen molar-refractivity contribution in [1.82, 2.24) is 0 Å². The van der Waals surface area contributed by atoms with Gasteiger partial charge in [-0.2, -0.15) is 0 Å². The Bertz CT molecular complexity index is 154. The average molecular weight is 213 g/mol. The molecule has 0 aromatic rings. The number of hydrogen-bond acceptors (Lipinski definition) is 1. The van der Waals surface area contributed by atoms with Gasteiger partial charge in [0.15, 0.2) is 0 Å². The highest BCUT2D eigenvalue weighted by atomic mass is 35.7. The van der Waals surface area contributed by atoms with Crippen molar-refractivity contribution >= 4 is 25.0 Å². The van der Waals surface area contributed by atoms with E-state index in [-0.39, 0.29) is 0 Å². The van der Waals surface area contributed by atoms with E-state index in [1.54, 1.807) is 6.66 Å². The molecule has 0 fully saturated rings. The molecule has 68 valence electrons. The minimum atomic E-state index is -2.30. The zero-order chi connectivity index (χ0) is 9.12. The van der Waals surface area contributed by atoms with E-state index in [0.717, 1.165) is 18.1 Å². The van der Waals surface area contributed by atoms with Crippen molar-refractivity contribution in [2.24, 2.45) is 0 Å². The van der Waals surface area contributed by atoms with Gasteiger partial charge in [0.25, 0.3) is 0 Å². The summed E-state index contributed by atoms with van der Waals surface area (Å²) in [5.41, 5.74) is 0. The maximum absolute atomic E-state index is 11.8. The fourth-order valence-corrected chi connectivity index (χ4v) is 13.1. The van der Waals surface area contributed by atoms with Crippen molar-refractivity contribution in [3.05, 3.63) is 0 Å². The van der Waals surface area contributed by atoms with E-state index in [1.807, 2.05) is 0 Å². The summed E-state index contributed by atoms with van der Waals surface area (Å²) in [5, 5.41) is 0. The van der Waals surface area contributed by atoms with Crippen molar-refractivity contribution in [3.8, 4) is 0 Å². The molecule has 0 saturated heterocycles. The lowest BCUT2D eigenvalue weighted by molar-refractivity contribution is 0.594. The highest BCUT2D eigenvalue weighted by Gasteiger charge is 2.41. The molecule has 0 heterocycles. The molecule has 4 heteroatoms. The normalized spacial score (nSPS) is 17.9. The Morgan fingerprint density at radius 2 is 1.45 bits per heavy atom. The Balaban J connectivity index is 4.70. The molecule has 0 aliphatic rings. The summed E-state index contributed by atoms with van der Waals surface area (Å²) in [6.07, 6.45) is 0. The Kier molecular flexibility index (Phi) is 4.39. The van der Waals surface area contributed by atoms with Crippen LogP contribution in [0.4, 0.5) is 0 Å². The van der Waals surface area contributed by atoms with E-state index in [0.29, 0.717) is 0 Å². The second-order valence-electron chi connectivity index (χ2n) is 3.11. The van der Waals surface area contributed by atoms with Gasteiger partial charge < -0.3 is 4.57 Å². The molecule has 0 aromatic carbocycles. The van der Waals surface area contributed by atoms with Gasteiger partial charge in [0.2, 0.25) is 0 Å². The highest BCUT2D eigenvalue weighted by Crippen LogP contribution is 2.61. The molecule has 1 atom stereocenters. The summed E-state index contributed by atoms with van der Waals surface area (Å²) in [7, 11) is -1.60. The highest BCUT2D eigenvalue weighted by molar-refractivity contribution is 8.15. The maximum atomic E-state index is 11.8. The van der Waals surface area contributed by atoms with Crippen LogP contribution in [0.15, 0.2) is 0 Å². The van der Waals surface area contributed by atoms with Gasteiger partial charge in [-0.3, -0.25) is 0 Å². The molecule has 0 amide bonds. The van der Waals surface area contributed by atoms with Gasteiger partial charge in [0.05, 0.1) is 0 Å². The molecule has 11 heavy (non-hydrogen) atoms. The molecule has 0 bridgehead atoms. The van der Waals surface area contributed by atoms with Crippen LogP contribution in [0, 0.1) is 0 Å². The van der Waals surface area contributed by atoms with Crippen molar-refractivity contribution in [2.75, 3.05) is 6.66 Å². The first kappa shape index (κ1) is 11.7. The van der Waals surface area contributed by atoms with Crippen molar-refractivity contribution in [2.45, 2.75) is 38.9 Å². The lowest BCUT2D eigenvalue weighted by Gasteiger charge is -2.29. The second kappa shape index (κ2) is 4.11. The third kappa shape index (κ3) is 2.33. The van der Waals surface area contributed by atoms with Crippen molar-refractivity contribution in [1.29, 1.82) is 0 Å². The standard InChI is InChI=1S/C7H18ClOPSi/c1-5-11(6-2,7-3)10(4,8)9/h5-7H2,1-4H3. The van der Waals surface area contributed by atoms with E-state index in [4.69, 9.17) is 11.2 Å². The zero-order valence-electron chi connectivity index (χ0n) is 7.85. The Morgan fingerprint density at radius 1 is 1.18 bits per heavy atom. The Labute approximate surface area is 75.5 Å². The quantitative estimate of drug-likeness (QED) is 0.506. The minimum Gasteiger partial charge on any atom is -0.312 e. The van der Waals surface area contributed by atoms with E-state index in [2.05, 4.69) is 20.8 Å². The summed E-state index contributed by atoms with van der Waals surface area (Å²) < 4.78 is 11.8. The molecular weight excluding hydrogens is 195 g/mol. The molecule has 0 aliphatic carbocycles. The molecule has 0 spiro atoms. The fourth-order valence-electron chi connectivity index (χ4n) is 1.60. The summed E-state index contributed by atoms with van der Waals surface area (Å²) in [5.74, 6) is 0. The molecule has 0 aliphatic heterocycles. The van der Waals surface area contributed by atoms with E-state index in [1.165, 1.54) is 0 Å². The van der Waals surface area contributed by atoms with Crippen molar-refractivity contribution < 1.29 is 4.57 Å². The molecular formula is C7H18ClOPSi. The monoisotopic (exact) mass is 212 g/mol. The molecule has 0 N–H and O–H groups in total. The summed E-state index contributed by atoms with van der Waals surface area (Å²) in [4.78, 5) is 0. The number of halogens is 1. The van der Waals surface area contributed by atoms with E-state index in [9.17, 15) is 4.57 Å². The van der Waals surface area contributed by atoms with E-state index >= 15 is 0 Å². The van der Waals surface area contributed by atoms with Gasteiger partial charge in [-0.1, -0.05) is 50.1 Å². The molecule has 1 nitrogen and oxygen atoms in total. The summed E-state index contributed by atoms with van der Waals surface area (Å²) in [6.45, 7) is 8.12.